The lowest BCUT2D eigenvalue weighted by Crippen LogP contribution is -2.36. The van der Waals surface area contributed by atoms with Crippen LogP contribution in [0.4, 0.5) is 5.69 Å². The zero-order chi connectivity index (χ0) is 15.9. The third-order valence-corrected chi connectivity index (χ3v) is 3.65. The van der Waals surface area contributed by atoms with Gasteiger partial charge in [0.25, 0.3) is 0 Å². The number of nitrogens with zero attached hydrogens (tertiary/aromatic N) is 3. The maximum absolute atomic E-state index is 7.74. The fourth-order valence-electron chi connectivity index (χ4n) is 2.25. The molecular weight excluding hydrogens is 292 g/mol. The van der Waals surface area contributed by atoms with Crippen LogP contribution in [-0.4, -0.2) is 34.7 Å². The van der Waals surface area contributed by atoms with E-state index in [-0.39, 0.29) is 0 Å². The molecule has 0 aromatic heterocycles. The van der Waals surface area contributed by atoms with E-state index in [1.54, 1.807) is 11.5 Å². The van der Waals surface area contributed by atoms with Crippen molar-refractivity contribution in [2.75, 3.05) is 13.1 Å². The number of rotatable bonds is 3. The number of amidine groups is 2. The minimum atomic E-state index is 0.444. The Hall–Kier alpha value is -2.14. The van der Waals surface area contributed by atoms with Crippen molar-refractivity contribution in [2.24, 2.45) is 9.98 Å². The van der Waals surface area contributed by atoms with Gasteiger partial charge in [-0.15, -0.1) is 0 Å². The lowest BCUT2D eigenvalue weighted by atomic mass is 10.1. The summed E-state index contributed by atoms with van der Waals surface area (Å²) in [5, 5.41) is 9.83. The van der Waals surface area contributed by atoms with Crippen molar-refractivity contribution in [1.29, 1.82) is 5.41 Å². The summed E-state index contributed by atoms with van der Waals surface area (Å²) < 4.78 is 0. The molecule has 0 radical (unpaired) electrons. The van der Waals surface area contributed by atoms with Gasteiger partial charge in [-0.05, 0) is 29.7 Å². The molecule has 114 valence electrons. The molecule has 0 saturated carbocycles. The molecule has 4 nitrogen and oxygen atoms in total. The van der Waals surface area contributed by atoms with Crippen LogP contribution in [0, 0.1) is 5.41 Å². The number of hydrogen-bond donors (Lipinski definition) is 1. The first-order chi connectivity index (χ1) is 10.8. The summed E-state index contributed by atoms with van der Waals surface area (Å²) in [5.74, 6) is 1.83. The molecule has 5 heteroatoms. The number of para-hydroxylation sites is 1. The Morgan fingerprint density at radius 1 is 1.36 bits per heavy atom. The van der Waals surface area contributed by atoms with Gasteiger partial charge in [0.05, 0.1) is 17.3 Å². The number of nitrogens with one attached hydrogen (secondary N) is 1. The first kappa shape index (κ1) is 16.2. The van der Waals surface area contributed by atoms with Crippen molar-refractivity contribution in [3.8, 4) is 0 Å². The highest BCUT2D eigenvalue weighted by molar-refractivity contribution is 8.16. The van der Waals surface area contributed by atoms with Crippen LogP contribution in [0.25, 0.3) is 0 Å². The van der Waals surface area contributed by atoms with Gasteiger partial charge in [-0.1, -0.05) is 44.3 Å². The fraction of sp³-hybridized carbons (Fsp3) is 0.235. The number of hydrogen-bond acceptors (Lipinski definition) is 5. The van der Waals surface area contributed by atoms with Gasteiger partial charge < -0.3 is 4.90 Å². The first-order valence-corrected chi connectivity index (χ1v) is 8.22. The van der Waals surface area contributed by atoms with Crippen LogP contribution in [-0.2, 0) is 0 Å². The highest BCUT2D eigenvalue weighted by atomic mass is 32.2. The van der Waals surface area contributed by atoms with Gasteiger partial charge in [0, 0.05) is 12.1 Å². The van der Waals surface area contributed by atoms with Crippen molar-refractivity contribution in [1.82, 2.24) is 4.90 Å². The van der Waals surface area contributed by atoms with Gasteiger partial charge in [0.15, 0.2) is 0 Å². The predicted octanol–water partition coefficient (Wildman–Crippen LogP) is 4.23. The summed E-state index contributed by atoms with van der Waals surface area (Å²) >= 11 is 1.29. The fourth-order valence-corrected chi connectivity index (χ4v) is 2.58. The highest BCUT2D eigenvalue weighted by Gasteiger charge is 2.27. The average molecular weight is 312 g/mol. The van der Waals surface area contributed by atoms with Crippen LogP contribution in [0.2, 0.25) is 0 Å². The lowest BCUT2D eigenvalue weighted by Gasteiger charge is -2.25. The molecule has 0 aliphatic carbocycles. The third kappa shape index (κ3) is 3.36. The quantitative estimate of drug-likeness (QED) is 0.671. The number of fused-ring (bicyclic) bond motifs is 3. The standard InChI is InChI=1S/C15H14N4S.C2H6/c1-2-20-13(16)7-8-14-18-12-6-4-3-5-11(12)15-17-9-10-19(14)15;1-2/h2-8,16H,1,9-10H2;1-2H3/b8-7+,16-13?;. The second kappa shape index (κ2) is 7.75. The Balaban J connectivity index is 0.000000847. The van der Waals surface area contributed by atoms with Crippen molar-refractivity contribution >= 4 is 34.2 Å². The first-order valence-electron chi connectivity index (χ1n) is 7.34. The van der Waals surface area contributed by atoms with E-state index in [0.29, 0.717) is 5.04 Å². The minimum Gasteiger partial charge on any atom is -0.309 e. The zero-order valence-electron chi connectivity index (χ0n) is 12.9. The van der Waals surface area contributed by atoms with E-state index < -0.39 is 0 Å². The van der Waals surface area contributed by atoms with Crippen LogP contribution < -0.4 is 0 Å². The van der Waals surface area contributed by atoms with Gasteiger partial charge in [0.2, 0.25) is 0 Å². The monoisotopic (exact) mass is 312 g/mol. The van der Waals surface area contributed by atoms with Gasteiger partial charge >= 0.3 is 0 Å². The zero-order valence-corrected chi connectivity index (χ0v) is 13.7. The third-order valence-electron chi connectivity index (χ3n) is 3.09. The molecular formula is C17H20N4S. The van der Waals surface area contributed by atoms with Crippen molar-refractivity contribution < 1.29 is 0 Å². The number of aliphatic imine (C=N–C) groups is 2. The van der Waals surface area contributed by atoms with E-state index in [1.807, 2.05) is 44.2 Å². The molecule has 3 rings (SSSR count). The molecule has 2 heterocycles. The van der Waals surface area contributed by atoms with E-state index in [0.717, 1.165) is 36.0 Å². The Bertz CT molecular complexity index is 658. The van der Waals surface area contributed by atoms with Gasteiger partial charge in [-0.25, -0.2) is 4.99 Å². The van der Waals surface area contributed by atoms with E-state index in [9.17, 15) is 0 Å². The Morgan fingerprint density at radius 2 is 2.14 bits per heavy atom. The molecule has 1 aromatic rings. The lowest BCUT2D eigenvalue weighted by molar-refractivity contribution is 0.665. The van der Waals surface area contributed by atoms with Crippen LogP contribution in [0.1, 0.15) is 19.4 Å². The molecule has 0 amide bonds. The molecule has 0 unspecified atom stereocenters. The molecule has 0 spiro atoms. The van der Waals surface area contributed by atoms with Gasteiger partial charge in [-0.3, -0.25) is 10.4 Å². The molecule has 0 atom stereocenters. The summed E-state index contributed by atoms with van der Waals surface area (Å²) in [4.78, 5) is 11.3. The van der Waals surface area contributed by atoms with Crippen LogP contribution in [0.3, 0.4) is 0 Å². The Morgan fingerprint density at radius 3 is 2.91 bits per heavy atom. The second-order valence-corrected chi connectivity index (χ2v) is 5.34. The van der Waals surface area contributed by atoms with Gasteiger partial charge in [-0.2, -0.15) is 0 Å². The molecule has 1 N–H and O–H groups in total. The van der Waals surface area contributed by atoms with E-state index >= 15 is 0 Å². The normalized spacial score (nSPS) is 15.3. The number of thioether (sulfide) groups is 1. The molecule has 2 aliphatic heterocycles. The predicted molar refractivity (Wildman–Crippen MR) is 97.6 cm³/mol. The molecule has 0 saturated heterocycles. The van der Waals surface area contributed by atoms with E-state index in [1.165, 1.54) is 11.8 Å². The summed E-state index contributed by atoms with van der Waals surface area (Å²) in [7, 11) is 0. The Labute approximate surface area is 135 Å². The van der Waals surface area contributed by atoms with Crippen LogP contribution >= 0.6 is 11.8 Å². The summed E-state index contributed by atoms with van der Waals surface area (Å²) in [6, 6.07) is 8.02. The summed E-state index contributed by atoms with van der Waals surface area (Å²) in [5.41, 5.74) is 2.02. The largest absolute Gasteiger partial charge is 0.309 e. The average Bonchev–Trinajstić information content (AvgIpc) is 3.05. The molecule has 22 heavy (non-hydrogen) atoms. The Kier molecular flexibility index (Phi) is 5.72. The number of benzene rings is 1. The second-order valence-electron chi connectivity index (χ2n) is 4.33. The summed E-state index contributed by atoms with van der Waals surface area (Å²) in [6.07, 6.45) is 3.62. The maximum atomic E-state index is 7.74. The van der Waals surface area contributed by atoms with Crippen LogP contribution in [0.5, 0.6) is 0 Å². The minimum absolute atomic E-state index is 0.444. The van der Waals surface area contributed by atoms with Crippen molar-refractivity contribution in [3.63, 3.8) is 0 Å². The molecule has 2 aliphatic rings. The highest BCUT2D eigenvalue weighted by Crippen LogP contribution is 2.28. The molecule has 0 bridgehead atoms. The topological polar surface area (TPSA) is 51.8 Å². The van der Waals surface area contributed by atoms with Gasteiger partial charge in [0.1, 0.15) is 11.7 Å². The SMILES string of the molecule is C=CSC(=N)/C=C/C1=Nc2ccccc2C2=NCCN12.CC. The van der Waals surface area contributed by atoms with Crippen molar-refractivity contribution in [2.45, 2.75) is 13.8 Å². The van der Waals surface area contributed by atoms with Crippen molar-refractivity contribution in [3.05, 3.63) is 54.0 Å². The molecule has 1 aromatic carbocycles. The maximum Gasteiger partial charge on any atom is 0.138 e. The smallest absolute Gasteiger partial charge is 0.138 e. The van der Waals surface area contributed by atoms with Crippen LogP contribution in [0.15, 0.2) is 58.4 Å². The van der Waals surface area contributed by atoms with E-state index in [2.05, 4.69) is 21.5 Å². The van der Waals surface area contributed by atoms with E-state index in [4.69, 9.17) is 5.41 Å². The molecule has 0 fully saturated rings. The summed E-state index contributed by atoms with van der Waals surface area (Å²) in [6.45, 7) is 9.24.